The first kappa shape index (κ1) is 7.73. The van der Waals surface area contributed by atoms with E-state index in [9.17, 15) is 0 Å². The van der Waals surface area contributed by atoms with Crippen LogP contribution in [-0.4, -0.2) is 4.37 Å². The van der Waals surface area contributed by atoms with Crippen molar-refractivity contribution >= 4 is 11.5 Å². The molecule has 1 nitrogen and oxygen atoms in total. The van der Waals surface area contributed by atoms with E-state index in [-0.39, 0.29) is 0 Å². The van der Waals surface area contributed by atoms with E-state index in [1.165, 1.54) is 11.3 Å². The zero-order valence-electron chi connectivity index (χ0n) is 6.72. The highest BCUT2D eigenvalue weighted by atomic mass is 32.1. The van der Waals surface area contributed by atoms with Crippen LogP contribution < -0.4 is 0 Å². The van der Waals surface area contributed by atoms with Crippen LogP contribution in [0.5, 0.6) is 0 Å². The standard InChI is InChI=1S/C8H13NS/c1-4-7-5-10-9-8(7)6(2)3/h5-6H,4H2,1-3H3. The zero-order valence-corrected chi connectivity index (χ0v) is 7.53. The third kappa shape index (κ3) is 1.37. The predicted octanol–water partition coefficient (Wildman–Crippen LogP) is 2.83. The van der Waals surface area contributed by atoms with Crippen molar-refractivity contribution in [1.29, 1.82) is 0 Å². The van der Waals surface area contributed by atoms with Gasteiger partial charge >= 0.3 is 0 Å². The molecular weight excluding hydrogens is 142 g/mol. The van der Waals surface area contributed by atoms with E-state index in [4.69, 9.17) is 0 Å². The van der Waals surface area contributed by atoms with Crippen LogP contribution >= 0.6 is 11.5 Å². The molecule has 0 amide bonds. The minimum atomic E-state index is 0.584. The van der Waals surface area contributed by atoms with Gasteiger partial charge in [-0.3, -0.25) is 0 Å². The third-order valence-electron chi connectivity index (χ3n) is 1.60. The van der Waals surface area contributed by atoms with E-state index in [0.29, 0.717) is 5.92 Å². The van der Waals surface area contributed by atoms with Crippen molar-refractivity contribution in [2.75, 3.05) is 0 Å². The van der Waals surface area contributed by atoms with Gasteiger partial charge in [-0.05, 0) is 29.4 Å². The minimum Gasteiger partial charge on any atom is -0.197 e. The summed E-state index contributed by atoms with van der Waals surface area (Å²) >= 11 is 1.57. The first-order valence-electron chi connectivity index (χ1n) is 3.68. The van der Waals surface area contributed by atoms with Gasteiger partial charge in [0, 0.05) is 5.38 Å². The molecule has 0 saturated carbocycles. The molecule has 0 atom stereocenters. The van der Waals surface area contributed by atoms with Crippen LogP contribution in [0.1, 0.15) is 37.9 Å². The highest BCUT2D eigenvalue weighted by Gasteiger charge is 2.06. The molecule has 0 fully saturated rings. The molecule has 0 unspecified atom stereocenters. The Morgan fingerprint density at radius 3 is 2.70 bits per heavy atom. The number of rotatable bonds is 2. The average molecular weight is 155 g/mol. The molecule has 2 heteroatoms. The Kier molecular flexibility index (Phi) is 2.44. The molecule has 0 spiro atoms. The molecule has 0 aliphatic heterocycles. The quantitative estimate of drug-likeness (QED) is 0.640. The van der Waals surface area contributed by atoms with Gasteiger partial charge in [0.05, 0.1) is 5.69 Å². The van der Waals surface area contributed by atoms with E-state index < -0.39 is 0 Å². The lowest BCUT2D eigenvalue weighted by Crippen LogP contribution is -1.91. The molecule has 0 aliphatic carbocycles. The van der Waals surface area contributed by atoms with Crippen LogP contribution in [0.15, 0.2) is 5.38 Å². The first-order chi connectivity index (χ1) is 4.75. The van der Waals surface area contributed by atoms with Gasteiger partial charge in [-0.1, -0.05) is 20.8 Å². The van der Waals surface area contributed by atoms with Gasteiger partial charge in [0.2, 0.25) is 0 Å². The summed E-state index contributed by atoms with van der Waals surface area (Å²) in [5.74, 6) is 0.584. The molecule has 0 radical (unpaired) electrons. The highest BCUT2D eigenvalue weighted by molar-refractivity contribution is 7.03. The lowest BCUT2D eigenvalue weighted by atomic mass is 10.1. The van der Waals surface area contributed by atoms with Gasteiger partial charge in [0.25, 0.3) is 0 Å². The first-order valence-corrected chi connectivity index (χ1v) is 4.52. The van der Waals surface area contributed by atoms with E-state index >= 15 is 0 Å². The van der Waals surface area contributed by atoms with Crippen LogP contribution in [0.2, 0.25) is 0 Å². The zero-order chi connectivity index (χ0) is 7.56. The maximum atomic E-state index is 4.33. The third-order valence-corrected chi connectivity index (χ3v) is 2.29. The van der Waals surface area contributed by atoms with Gasteiger partial charge in [0.15, 0.2) is 0 Å². The molecule has 10 heavy (non-hydrogen) atoms. The summed E-state index contributed by atoms with van der Waals surface area (Å²) in [6.07, 6.45) is 1.12. The summed E-state index contributed by atoms with van der Waals surface area (Å²) in [5, 5.41) is 2.15. The van der Waals surface area contributed by atoms with Crippen molar-refractivity contribution in [2.24, 2.45) is 0 Å². The Morgan fingerprint density at radius 1 is 1.60 bits per heavy atom. The van der Waals surface area contributed by atoms with E-state index in [2.05, 4.69) is 30.5 Å². The van der Waals surface area contributed by atoms with E-state index in [0.717, 1.165) is 6.42 Å². The Hall–Kier alpha value is -0.370. The number of hydrogen-bond donors (Lipinski definition) is 0. The molecule has 1 aromatic rings. The molecule has 1 heterocycles. The van der Waals surface area contributed by atoms with Crippen molar-refractivity contribution in [3.05, 3.63) is 16.6 Å². The molecule has 1 aromatic heterocycles. The second-order valence-corrected chi connectivity index (χ2v) is 3.36. The largest absolute Gasteiger partial charge is 0.197 e. The molecule has 1 rings (SSSR count). The fourth-order valence-electron chi connectivity index (χ4n) is 1.01. The van der Waals surface area contributed by atoms with Crippen molar-refractivity contribution in [2.45, 2.75) is 33.1 Å². The monoisotopic (exact) mass is 155 g/mol. The van der Waals surface area contributed by atoms with Crippen molar-refractivity contribution < 1.29 is 0 Å². The lowest BCUT2D eigenvalue weighted by Gasteiger charge is -2.01. The Labute approximate surface area is 66.3 Å². The molecule has 0 aromatic carbocycles. The summed E-state index contributed by atoms with van der Waals surface area (Å²) in [6, 6.07) is 0. The van der Waals surface area contributed by atoms with E-state index in [1.54, 1.807) is 11.5 Å². The molecule has 0 saturated heterocycles. The number of nitrogens with zero attached hydrogens (tertiary/aromatic N) is 1. The van der Waals surface area contributed by atoms with Gasteiger partial charge < -0.3 is 0 Å². The fraction of sp³-hybridized carbons (Fsp3) is 0.625. The fourth-order valence-corrected chi connectivity index (χ4v) is 1.92. The second kappa shape index (κ2) is 3.15. The van der Waals surface area contributed by atoms with Crippen LogP contribution in [0.3, 0.4) is 0 Å². The van der Waals surface area contributed by atoms with Crippen molar-refractivity contribution in [1.82, 2.24) is 4.37 Å². The minimum absolute atomic E-state index is 0.584. The van der Waals surface area contributed by atoms with E-state index in [1.807, 2.05) is 0 Å². The topological polar surface area (TPSA) is 12.9 Å². The van der Waals surface area contributed by atoms with Crippen LogP contribution in [0.25, 0.3) is 0 Å². The van der Waals surface area contributed by atoms with Gasteiger partial charge in [-0.15, -0.1) is 0 Å². The molecule has 0 N–H and O–H groups in total. The predicted molar refractivity (Wildman–Crippen MR) is 45.6 cm³/mol. The second-order valence-electron chi connectivity index (χ2n) is 2.73. The maximum Gasteiger partial charge on any atom is 0.0599 e. The Bertz CT molecular complexity index is 203. The summed E-state index contributed by atoms with van der Waals surface area (Å²) in [4.78, 5) is 0. The SMILES string of the molecule is CCc1csnc1C(C)C. The van der Waals surface area contributed by atoms with Crippen molar-refractivity contribution in [3.63, 3.8) is 0 Å². The molecular formula is C8H13NS. The van der Waals surface area contributed by atoms with Crippen LogP contribution in [0, 0.1) is 0 Å². The van der Waals surface area contributed by atoms with Crippen LogP contribution in [0.4, 0.5) is 0 Å². The Balaban J connectivity index is 2.90. The summed E-state index contributed by atoms with van der Waals surface area (Å²) < 4.78 is 4.33. The van der Waals surface area contributed by atoms with Crippen LogP contribution in [-0.2, 0) is 6.42 Å². The molecule has 0 aliphatic rings. The van der Waals surface area contributed by atoms with Gasteiger partial charge in [-0.2, -0.15) is 4.37 Å². The Morgan fingerprint density at radius 2 is 2.30 bits per heavy atom. The normalized spacial score (nSPS) is 10.8. The highest BCUT2D eigenvalue weighted by Crippen LogP contribution is 2.19. The smallest absolute Gasteiger partial charge is 0.0599 e. The molecule has 56 valence electrons. The lowest BCUT2D eigenvalue weighted by molar-refractivity contribution is 0.820. The van der Waals surface area contributed by atoms with Gasteiger partial charge in [-0.25, -0.2) is 0 Å². The summed E-state index contributed by atoms with van der Waals surface area (Å²) in [5.41, 5.74) is 2.70. The molecule has 0 bridgehead atoms. The number of hydrogen-bond acceptors (Lipinski definition) is 2. The van der Waals surface area contributed by atoms with Gasteiger partial charge in [0.1, 0.15) is 0 Å². The van der Waals surface area contributed by atoms with Crippen molar-refractivity contribution in [3.8, 4) is 0 Å². The maximum absolute atomic E-state index is 4.33. The summed E-state index contributed by atoms with van der Waals surface area (Å²) in [7, 11) is 0. The summed E-state index contributed by atoms with van der Waals surface area (Å²) in [6.45, 7) is 6.55. The number of aryl methyl sites for hydroxylation is 1. The average Bonchev–Trinajstić information content (AvgIpc) is 2.33. The number of aromatic nitrogens is 1.